The van der Waals surface area contributed by atoms with Gasteiger partial charge in [-0.15, -0.1) is 0 Å². The lowest BCUT2D eigenvalue weighted by Crippen LogP contribution is -2.33. The summed E-state index contributed by atoms with van der Waals surface area (Å²) < 4.78 is 26.4. The van der Waals surface area contributed by atoms with E-state index in [9.17, 15) is 4.39 Å². The smallest absolute Gasteiger partial charge is 0.213 e. The first kappa shape index (κ1) is 19.1. The second-order valence-corrected chi connectivity index (χ2v) is 8.22. The van der Waals surface area contributed by atoms with Crippen LogP contribution in [0.1, 0.15) is 42.3 Å². The van der Waals surface area contributed by atoms with Crippen LogP contribution in [-0.4, -0.2) is 17.3 Å². The van der Waals surface area contributed by atoms with Crippen molar-refractivity contribution in [3.63, 3.8) is 0 Å². The zero-order valence-corrected chi connectivity index (χ0v) is 18.0. The summed E-state index contributed by atoms with van der Waals surface area (Å²) in [5.74, 6) is 1.41. The van der Waals surface area contributed by atoms with Gasteiger partial charge in [-0.05, 0) is 67.1 Å². The highest BCUT2D eigenvalue weighted by Gasteiger charge is 2.41. The molecule has 2 aliphatic rings. The van der Waals surface area contributed by atoms with Gasteiger partial charge in [0.05, 0.1) is 18.4 Å². The first-order chi connectivity index (χ1) is 14.6. The topological polar surface area (TPSA) is 34.1 Å². The van der Waals surface area contributed by atoms with Gasteiger partial charge in [-0.2, -0.15) is 5.10 Å². The summed E-state index contributed by atoms with van der Waals surface area (Å²) in [6.07, 6.45) is 0.350. The van der Waals surface area contributed by atoms with Gasteiger partial charge >= 0.3 is 0 Å². The molecule has 30 heavy (non-hydrogen) atoms. The Hall–Kier alpha value is -2.86. The van der Waals surface area contributed by atoms with Crippen LogP contribution in [0.15, 0.2) is 76.3 Å². The summed E-state index contributed by atoms with van der Waals surface area (Å²) in [6, 6.07) is 20.5. The van der Waals surface area contributed by atoms with Gasteiger partial charge in [0.2, 0.25) is 6.23 Å². The predicted octanol–water partition coefficient (Wildman–Crippen LogP) is 6.23. The number of hydrogen-bond acceptors (Lipinski definition) is 4. The molecule has 0 aromatic heterocycles. The van der Waals surface area contributed by atoms with Gasteiger partial charge in [0.25, 0.3) is 0 Å². The predicted molar refractivity (Wildman–Crippen MR) is 117 cm³/mol. The van der Waals surface area contributed by atoms with Gasteiger partial charge in [-0.1, -0.05) is 28.1 Å². The summed E-state index contributed by atoms with van der Waals surface area (Å²) >= 11 is 3.57. The molecular weight excluding hydrogens is 447 g/mol. The van der Waals surface area contributed by atoms with Crippen molar-refractivity contribution in [3.8, 4) is 11.5 Å². The highest BCUT2D eigenvalue weighted by Crippen LogP contribution is 2.48. The number of hydrogen-bond donors (Lipinski definition) is 0. The third-order valence-corrected chi connectivity index (χ3v) is 5.90. The molecule has 0 unspecified atom stereocenters. The third-order valence-electron chi connectivity index (χ3n) is 5.41. The molecule has 2 aliphatic heterocycles. The summed E-state index contributed by atoms with van der Waals surface area (Å²) in [5.41, 5.74) is 4.01. The number of ether oxygens (including phenoxy) is 2. The van der Waals surface area contributed by atoms with Crippen LogP contribution in [0.3, 0.4) is 0 Å². The normalized spacial score (nSPS) is 19.6. The van der Waals surface area contributed by atoms with Gasteiger partial charge in [0, 0.05) is 22.0 Å². The first-order valence-electron chi connectivity index (χ1n) is 9.93. The van der Waals surface area contributed by atoms with Gasteiger partial charge in [-0.25, -0.2) is 9.40 Å². The molecule has 0 bridgehead atoms. The second-order valence-electron chi connectivity index (χ2n) is 7.31. The van der Waals surface area contributed by atoms with Crippen LogP contribution in [-0.2, 0) is 0 Å². The van der Waals surface area contributed by atoms with Crippen molar-refractivity contribution in [2.45, 2.75) is 25.6 Å². The minimum atomic E-state index is -0.413. The molecule has 3 aromatic rings. The standard InChI is InChI=1S/C24H20BrFN2O2/c1-2-29-19-10-5-15(6-11-19)21-14-22-20-13-17(25)7-12-23(20)30-24(28(22)27-21)16-3-8-18(26)9-4-16/h3-13,22,24H,2,14H2,1H3/t22-,24+/m0/s1. The Morgan fingerprint density at radius 3 is 2.60 bits per heavy atom. The number of rotatable bonds is 4. The van der Waals surface area contributed by atoms with E-state index in [-0.39, 0.29) is 11.9 Å². The van der Waals surface area contributed by atoms with Gasteiger partial charge < -0.3 is 9.47 Å². The highest BCUT2D eigenvalue weighted by molar-refractivity contribution is 9.10. The zero-order chi connectivity index (χ0) is 20.7. The number of benzene rings is 3. The van der Waals surface area contributed by atoms with E-state index in [1.807, 2.05) is 48.3 Å². The second kappa shape index (κ2) is 7.76. The fourth-order valence-corrected chi connectivity index (χ4v) is 4.37. The lowest BCUT2D eigenvalue weighted by molar-refractivity contribution is -0.0191. The molecule has 0 fully saturated rings. The molecular formula is C24H20BrFN2O2. The van der Waals surface area contributed by atoms with Crippen LogP contribution in [0.5, 0.6) is 11.5 Å². The Kier molecular flexibility index (Phi) is 4.95. The molecule has 0 amide bonds. The molecule has 6 heteroatoms. The van der Waals surface area contributed by atoms with Crippen molar-refractivity contribution in [1.82, 2.24) is 5.01 Å². The maximum Gasteiger partial charge on any atom is 0.213 e. The van der Waals surface area contributed by atoms with E-state index in [4.69, 9.17) is 14.6 Å². The number of halogens is 2. The molecule has 0 saturated carbocycles. The van der Waals surface area contributed by atoms with Gasteiger partial charge in [-0.3, -0.25) is 0 Å². The van der Waals surface area contributed by atoms with Crippen molar-refractivity contribution in [1.29, 1.82) is 0 Å². The minimum Gasteiger partial charge on any atom is -0.494 e. The van der Waals surface area contributed by atoms with Crippen LogP contribution in [0.2, 0.25) is 0 Å². The van der Waals surface area contributed by atoms with Crippen LogP contribution in [0.4, 0.5) is 4.39 Å². The largest absolute Gasteiger partial charge is 0.494 e. The van der Waals surface area contributed by atoms with Crippen LogP contribution in [0, 0.1) is 5.82 Å². The molecule has 2 heterocycles. The molecule has 0 spiro atoms. The van der Waals surface area contributed by atoms with E-state index < -0.39 is 6.23 Å². The summed E-state index contributed by atoms with van der Waals surface area (Å²) in [7, 11) is 0. The molecule has 2 atom stereocenters. The van der Waals surface area contributed by atoms with Crippen molar-refractivity contribution in [3.05, 3.63) is 93.7 Å². The fourth-order valence-electron chi connectivity index (χ4n) is 3.99. The average Bonchev–Trinajstić information content (AvgIpc) is 3.21. The van der Waals surface area contributed by atoms with Crippen LogP contribution in [0.25, 0.3) is 0 Å². The Morgan fingerprint density at radius 2 is 1.87 bits per heavy atom. The van der Waals surface area contributed by atoms with E-state index in [1.165, 1.54) is 12.1 Å². The van der Waals surface area contributed by atoms with E-state index >= 15 is 0 Å². The van der Waals surface area contributed by atoms with Crippen molar-refractivity contribution in [2.75, 3.05) is 6.61 Å². The molecule has 0 N–H and O–H groups in total. The molecule has 0 radical (unpaired) electrons. The van der Waals surface area contributed by atoms with Gasteiger partial charge in [0.1, 0.15) is 17.3 Å². The molecule has 152 valence electrons. The fraction of sp³-hybridized carbons (Fsp3) is 0.208. The SMILES string of the molecule is CCOc1ccc(C2=NN3[C@@H](c4ccc(F)cc4)Oc4ccc(Br)cc4[C@@H]3C2)cc1. The molecule has 5 rings (SSSR count). The van der Waals surface area contributed by atoms with Crippen molar-refractivity contribution >= 4 is 21.6 Å². The Morgan fingerprint density at radius 1 is 1.10 bits per heavy atom. The minimum absolute atomic E-state index is 0.0443. The summed E-state index contributed by atoms with van der Waals surface area (Å²) in [6.45, 7) is 2.61. The number of hydrazone groups is 1. The van der Waals surface area contributed by atoms with E-state index in [0.29, 0.717) is 6.61 Å². The van der Waals surface area contributed by atoms with E-state index in [2.05, 4.69) is 22.0 Å². The third kappa shape index (κ3) is 3.45. The summed E-state index contributed by atoms with van der Waals surface area (Å²) in [5, 5.41) is 6.93. The first-order valence-corrected chi connectivity index (χ1v) is 10.7. The Labute approximate surface area is 183 Å². The molecule has 3 aromatic carbocycles. The Bertz CT molecular complexity index is 1100. The Balaban J connectivity index is 1.54. The van der Waals surface area contributed by atoms with Gasteiger partial charge in [0.15, 0.2) is 0 Å². The van der Waals surface area contributed by atoms with Crippen LogP contribution < -0.4 is 9.47 Å². The molecule has 0 aliphatic carbocycles. The lowest BCUT2D eigenvalue weighted by atomic mass is 9.96. The highest BCUT2D eigenvalue weighted by atomic mass is 79.9. The summed E-state index contributed by atoms with van der Waals surface area (Å²) in [4.78, 5) is 0. The average molecular weight is 467 g/mol. The maximum absolute atomic E-state index is 13.5. The van der Waals surface area contributed by atoms with E-state index in [1.54, 1.807) is 12.1 Å². The monoisotopic (exact) mass is 466 g/mol. The molecule has 4 nitrogen and oxygen atoms in total. The zero-order valence-electron chi connectivity index (χ0n) is 16.4. The van der Waals surface area contributed by atoms with Crippen molar-refractivity contribution < 1.29 is 13.9 Å². The quantitative estimate of drug-likeness (QED) is 0.456. The maximum atomic E-state index is 13.5. The number of fused-ring (bicyclic) bond motifs is 3. The van der Waals surface area contributed by atoms with E-state index in [0.717, 1.165) is 44.8 Å². The van der Waals surface area contributed by atoms with Crippen molar-refractivity contribution in [2.24, 2.45) is 5.10 Å². The molecule has 0 saturated heterocycles. The lowest BCUT2D eigenvalue weighted by Gasteiger charge is -2.38. The van der Waals surface area contributed by atoms with Crippen LogP contribution >= 0.6 is 15.9 Å². The number of nitrogens with zero attached hydrogens (tertiary/aromatic N) is 2.